The Morgan fingerprint density at radius 2 is 1.96 bits per heavy atom. The molecule has 7 heteroatoms. The lowest BCUT2D eigenvalue weighted by Crippen LogP contribution is -2.17. The normalized spacial score (nSPS) is 10.8. The maximum atomic E-state index is 12.6. The molecule has 6 nitrogen and oxygen atoms in total. The fraction of sp³-hybridized carbons (Fsp3) is 0.176. The fourth-order valence-corrected chi connectivity index (χ4v) is 3.54. The number of benzene rings is 1. The van der Waals surface area contributed by atoms with Gasteiger partial charge in [-0.1, -0.05) is 12.1 Å². The first kappa shape index (κ1) is 16.1. The number of anilines is 1. The highest BCUT2D eigenvalue weighted by Gasteiger charge is 2.20. The third kappa shape index (κ3) is 2.63. The molecule has 0 aliphatic carbocycles. The van der Waals surface area contributed by atoms with Crippen LogP contribution in [0.25, 0.3) is 10.2 Å². The zero-order valence-corrected chi connectivity index (χ0v) is 14.2. The average Bonchev–Trinajstić information content (AvgIpc) is 2.89. The molecule has 0 saturated heterocycles. The molecule has 0 atom stereocenters. The number of thiophene rings is 1. The predicted molar refractivity (Wildman–Crippen MR) is 94.0 cm³/mol. The molecule has 1 N–H and O–H groups in total. The molecule has 0 saturated carbocycles. The van der Waals surface area contributed by atoms with Gasteiger partial charge in [-0.25, -0.2) is 4.98 Å². The van der Waals surface area contributed by atoms with Crippen molar-refractivity contribution in [2.24, 2.45) is 7.05 Å². The molecule has 1 amide bonds. The standard InChI is InChI=1S/C17H15N3O3S/c1-9-13-16(18-8-20(3)17(13)23)24-14(9)15(22)19-12-7-5-4-6-11(12)10(2)21/h4-8H,1-3H3,(H,19,22). The second-order valence-corrected chi connectivity index (χ2v) is 6.45. The van der Waals surface area contributed by atoms with Gasteiger partial charge in [0.2, 0.25) is 0 Å². The lowest BCUT2D eigenvalue weighted by atomic mass is 10.1. The second kappa shape index (κ2) is 6.01. The SMILES string of the molecule is CC(=O)c1ccccc1NC(=O)c1sc2ncn(C)c(=O)c2c1C. The number of amides is 1. The molecule has 0 bridgehead atoms. The van der Waals surface area contributed by atoms with Crippen molar-refractivity contribution in [3.63, 3.8) is 0 Å². The number of aromatic nitrogens is 2. The Labute approximate surface area is 141 Å². The number of para-hydroxylation sites is 1. The van der Waals surface area contributed by atoms with E-state index >= 15 is 0 Å². The van der Waals surface area contributed by atoms with Gasteiger partial charge in [-0.3, -0.25) is 14.4 Å². The van der Waals surface area contributed by atoms with Crippen LogP contribution in [0.3, 0.4) is 0 Å². The van der Waals surface area contributed by atoms with Crippen molar-refractivity contribution in [2.45, 2.75) is 13.8 Å². The summed E-state index contributed by atoms with van der Waals surface area (Å²) in [7, 11) is 1.62. The summed E-state index contributed by atoms with van der Waals surface area (Å²) < 4.78 is 1.38. The maximum absolute atomic E-state index is 12.6. The summed E-state index contributed by atoms with van der Waals surface area (Å²) in [6.45, 7) is 3.18. The van der Waals surface area contributed by atoms with Crippen molar-refractivity contribution < 1.29 is 9.59 Å². The number of hydrogen-bond acceptors (Lipinski definition) is 5. The number of nitrogens with one attached hydrogen (secondary N) is 1. The number of ketones is 1. The molecular weight excluding hydrogens is 326 g/mol. The topological polar surface area (TPSA) is 81.1 Å². The molecule has 2 aromatic heterocycles. The maximum Gasteiger partial charge on any atom is 0.266 e. The van der Waals surface area contributed by atoms with Gasteiger partial charge in [-0.15, -0.1) is 11.3 Å². The van der Waals surface area contributed by atoms with Crippen LogP contribution in [0.2, 0.25) is 0 Å². The summed E-state index contributed by atoms with van der Waals surface area (Å²) in [5, 5.41) is 3.21. The molecule has 1 aromatic carbocycles. The minimum Gasteiger partial charge on any atom is -0.321 e. The van der Waals surface area contributed by atoms with Crippen molar-refractivity contribution in [1.82, 2.24) is 9.55 Å². The Morgan fingerprint density at radius 3 is 2.67 bits per heavy atom. The van der Waals surface area contributed by atoms with E-state index in [4.69, 9.17) is 0 Å². The van der Waals surface area contributed by atoms with Crippen LogP contribution in [-0.4, -0.2) is 21.2 Å². The number of nitrogens with zero attached hydrogens (tertiary/aromatic N) is 2. The molecule has 0 aliphatic rings. The van der Waals surface area contributed by atoms with Crippen LogP contribution in [0.1, 0.15) is 32.5 Å². The lowest BCUT2D eigenvalue weighted by Gasteiger charge is -2.08. The third-order valence-corrected chi connectivity index (χ3v) is 4.97. The van der Waals surface area contributed by atoms with Crippen molar-refractivity contribution in [3.05, 3.63) is 57.0 Å². The predicted octanol–water partition coefficient (Wildman–Crippen LogP) is 2.76. The van der Waals surface area contributed by atoms with Gasteiger partial charge in [-0.2, -0.15) is 0 Å². The number of carbonyl (C=O) groups excluding carboxylic acids is 2. The van der Waals surface area contributed by atoms with Crippen molar-refractivity contribution in [1.29, 1.82) is 0 Å². The zero-order valence-electron chi connectivity index (χ0n) is 13.4. The first-order valence-corrected chi connectivity index (χ1v) is 8.08. The summed E-state index contributed by atoms with van der Waals surface area (Å²) in [6, 6.07) is 6.82. The molecule has 0 fully saturated rings. The Morgan fingerprint density at radius 1 is 1.25 bits per heavy atom. The summed E-state index contributed by atoms with van der Waals surface area (Å²) in [5.74, 6) is -0.485. The molecular formula is C17H15N3O3S. The molecule has 2 heterocycles. The van der Waals surface area contributed by atoms with Gasteiger partial charge in [0.1, 0.15) is 4.83 Å². The van der Waals surface area contributed by atoms with E-state index < -0.39 is 0 Å². The minimum atomic E-state index is -0.355. The van der Waals surface area contributed by atoms with Gasteiger partial charge < -0.3 is 9.88 Å². The molecule has 0 aliphatic heterocycles. The first-order chi connectivity index (χ1) is 11.4. The van der Waals surface area contributed by atoms with Crippen molar-refractivity contribution in [3.8, 4) is 0 Å². The number of Topliss-reactive ketones (excluding diaryl/α,β-unsaturated/α-hetero) is 1. The number of aryl methyl sites for hydroxylation is 2. The van der Waals surface area contributed by atoms with Crippen LogP contribution in [0.4, 0.5) is 5.69 Å². The van der Waals surface area contributed by atoms with E-state index in [1.807, 2.05) is 0 Å². The molecule has 0 radical (unpaired) electrons. The van der Waals surface area contributed by atoms with Gasteiger partial charge in [0.15, 0.2) is 5.78 Å². The fourth-order valence-electron chi connectivity index (χ4n) is 2.50. The van der Waals surface area contributed by atoms with E-state index in [1.54, 1.807) is 38.2 Å². The van der Waals surface area contributed by atoms with Crippen molar-refractivity contribution >= 4 is 38.9 Å². The van der Waals surface area contributed by atoms with Gasteiger partial charge in [0.25, 0.3) is 11.5 Å². The zero-order chi connectivity index (χ0) is 17.4. The molecule has 0 spiro atoms. The van der Waals surface area contributed by atoms with Crippen LogP contribution in [0.5, 0.6) is 0 Å². The van der Waals surface area contributed by atoms with Gasteiger partial charge in [0.05, 0.1) is 22.3 Å². The van der Waals surface area contributed by atoms with Crippen molar-refractivity contribution in [2.75, 3.05) is 5.32 Å². The van der Waals surface area contributed by atoms with Crippen LogP contribution in [0, 0.1) is 6.92 Å². The summed E-state index contributed by atoms with van der Waals surface area (Å²) in [5.41, 5.74) is 1.31. The lowest BCUT2D eigenvalue weighted by molar-refractivity contribution is 0.101. The molecule has 122 valence electrons. The average molecular weight is 341 g/mol. The smallest absolute Gasteiger partial charge is 0.266 e. The largest absolute Gasteiger partial charge is 0.321 e. The summed E-state index contributed by atoms with van der Waals surface area (Å²) in [4.78, 5) is 41.7. The Kier molecular flexibility index (Phi) is 4.02. The van der Waals surface area contributed by atoms with Gasteiger partial charge >= 0.3 is 0 Å². The van der Waals surface area contributed by atoms with Crippen LogP contribution in [0.15, 0.2) is 35.4 Å². The number of fused-ring (bicyclic) bond motifs is 1. The van der Waals surface area contributed by atoms with E-state index in [-0.39, 0.29) is 17.2 Å². The van der Waals surface area contributed by atoms with E-state index in [1.165, 1.54) is 29.2 Å². The van der Waals surface area contributed by atoms with E-state index in [9.17, 15) is 14.4 Å². The molecule has 3 rings (SSSR count). The monoisotopic (exact) mass is 341 g/mol. The molecule has 0 unspecified atom stereocenters. The molecule has 3 aromatic rings. The Bertz CT molecular complexity index is 1030. The first-order valence-electron chi connectivity index (χ1n) is 7.26. The highest BCUT2D eigenvalue weighted by molar-refractivity contribution is 7.20. The number of rotatable bonds is 3. The highest BCUT2D eigenvalue weighted by Crippen LogP contribution is 2.28. The number of carbonyl (C=O) groups is 2. The molecule has 24 heavy (non-hydrogen) atoms. The van der Waals surface area contributed by atoms with Gasteiger partial charge in [-0.05, 0) is 31.5 Å². The summed E-state index contributed by atoms with van der Waals surface area (Å²) in [6.07, 6.45) is 1.44. The summed E-state index contributed by atoms with van der Waals surface area (Å²) >= 11 is 1.17. The highest BCUT2D eigenvalue weighted by atomic mass is 32.1. The van der Waals surface area contributed by atoms with Gasteiger partial charge in [0, 0.05) is 12.6 Å². The quantitative estimate of drug-likeness (QED) is 0.743. The van der Waals surface area contributed by atoms with E-state index in [0.29, 0.717) is 31.9 Å². The number of hydrogen-bond donors (Lipinski definition) is 1. The van der Waals surface area contributed by atoms with Crippen LogP contribution >= 0.6 is 11.3 Å². The Balaban J connectivity index is 2.05. The Hall–Kier alpha value is -2.80. The van der Waals surface area contributed by atoms with E-state index in [0.717, 1.165) is 0 Å². The van der Waals surface area contributed by atoms with Crippen LogP contribution in [-0.2, 0) is 7.05 Å². The third-order valence-electron chi connectivity index (χ3n) is 3.77. The minimum absolute atomic E-state index is 0.130. The van der Waals surface area contributed by atoms with Crippen LogP contribution < -0.4 is 10.9 Å². The van der Waals surface area contributed by atoms with E-state index in [2.05, 4.69) is 10.3 Å². The second-order valence-electron chi connectivity index (χ2n) is 5.45.